The van der Waals surface area contributed by atoms with Gasteiger partial charge in [-0.1, -0.05) is 86.4 Å². The maximum Gasteiger partial charge on any atom is 0.0671 e. The molecule has 1 nitrogen and oxygen atoms in total. The summed E-state index contributed by atoms with van der Waals surface area (Å²) in [6.45, 7) is 0. The van der Waals surface area contributed by atoms with E-state index in [9.17, 15) is 0 Å². The maximum absolute atomic E-state index is 5.18. The number of fused-ring (bicyclic) bond motifs is 5. The third kappa shape index (κ3) is 2.87. The average Bonchev–Trinajstić information content (AvgIpc) is 3.55. The topological polar surface area (TPSA) is 12.9 Å². The Morgan fingerprint density at radius 1 is 0.719 bits per heavy atom. The van der Waals surface area contributed by atoms with Gasteiger partial charge in [0, 0.05) is 6.42 Å². The second kappa shape index (κ2) is 7.30. The minimum absolute atomic E-state index is 0.761. The van der Waals surface area contributed by atoms with Crippen molar-refractivity contribution in [1.29, 1.82) is 0 Å². The van der Waals surface area contributed by atoms with Crippen molar-refractivity contribution in [2.75, 3.05) is 0 Å². The van der Waals surface area contributed by atoms with Crippen LogP contribution in [0.1, 0.15) is 60.2 Å². The summed E-state index contributed by atoms with van der Waals surface area (Å²) in [6.07, 6.45) is 17.0. The lowest BCUT2D eigenvalue weighted by Crippen LogP contribution is -2.30. The molecule has 7 rings (SSSR count). The van der Waals surface area contributed by atoms with Gasteiger partial charge in [0.1, 0.15) is 0 Å². The van der Waals surface area contributed by atoms with Crippen LogP contribution in [0.3, 0.4) is 0 Å². The summed E-state index contributed by atoms with van der Waals surface area (Å²) < 4.78 is 0. The molecule has 0 saturated heterocycles. The molecule has 0 bridgehead atoms. The summed E-state index contributed by atoms with van der Waals surface area (Å²) in [5.74, 6) is 1.64. The number of hydrogen-bond acceptors (Lipinski definition) is 1. The van der Waals surface area contributed by atoms with E-state index in [1.165, 1.54) is 81.9 Å². The molecule has 0 radical (unpaired) electrons. The lowest BCUT2D eigenvalue weighted by Gasteiger charge is -2.31. The van der Waals surface area contributed by atoms with Gasteiger partial charge in [-0.05, 0) is 80.3 Å². The molecule has 1 saturated carbocycles. The number of aromatic nitrogens is 1. The van der Waals surface area contributed by atoms with E-state index in [1.54, 1.807) is 11.1 Å². The van der Waals surface area contributed by atoms with Crippen molar-refractivity contribution in [2.24, 2.45) is 11.8 Å². The monoisotopic (exact) mass is 415 g/mol. The van der Waals surface area contributed by atoms with E-state index in [2.05, 4.69) is 66.8 Å². The van der Waals surface area contributed by atoms with Gasteiger partial charge in [-0.25, -0.2) is 0 Å². The van der Waals surface area contributed by atoms with Crippen LogP contribution < -0.4 is 10.4 Å². The van der Waals surface area contributed by atoms with Crippen LogP contribution in [0.4, 0.5) is 0 Å². The standard InChI is InChI=1S/C31H29N/c1-2-7-20(6-1)23-18-28-26-14-12-21-8-3-4-10-24(21)25(26)15-16-27(28)29(19-23)31-17-13-22-9-5-11-30(22)32-31/h3-5,8-10,12-13,15-17,20,23H,1-2,6-7,11,14,18-19H2. The van der Waals surface area contributed by atoms with Crippen molar-refractivity contribution >= 4 is 17.7 Å². The van der Waals surface area contributed by atoms with Gasteiger partial charge in [-0.2, -0.15) is 0 Å². The van der Waals surface area contributed by atoms with Gasteiger partial charge in [-0.3, -0.25) is 4.98 Å². The van der Waals surface area contributed by atoms with E-state index < -0.39 is 0 Å². The van der Waals surface area contributed by atoms with Crippen molar-refractivity contribution in [3.05, 3.63) is 104 Å². The summed E-state index contributed by atoms with van der Waals surface area (Å²) in [7, 11) is 0. The molecule has 1 unspecified atom stereocenters. The predicted octanol–water partition coefficient (Wildman–Crippen LogP) is 5.23. The van der Waals surface area contributed by atoms with Crippen LogP contribution in [0.5, 0.6) is 0 Å². The third-order valence-electron chi connectivity index (χ3n) is 8.46. The highest BCUT2D eigenvalue weighted by Crippen LogP contribution is 2.40. The minimum Gasteiger partial charge on any atom is -0.252 e. The molecule has 0 amide bonds. The van der Waals surface area contributed by atoms with Gasteiger partial charge in [0.15, 0.2) is 0 Å². The fourth-order valence-electron chi connectivity index (χ4n) is 6.83. The minimum atomic E-state index is 0.761. The Bertz CT molecular complexity index is 1480. The van der Waals surface area contributed by atoms with E-state index in [0.717, 1.165) is 24.7 Å². The zero-order valence-corrected chi connectivity index (χ0v) is 18.6. The van der Waals surface area contributed by atoms with Crippen molar-refractivity contribution < 1.29 is 0 Å². The highest BCUT2D eigenvalue weighted by molar-refractivity contribution is 5.68. The molecular formula is C31H29N. The Labute approximate surface area is 189 Å². The summed E-state index contributed by atoms with van der Waals surface area (Å²) in [5, 5.41) is 5.73. The van der Waals surface area contributed by atoms with Gasteiger partial charge in [0.25, 0.3) is 0 Å². The fraction of sp³-hybridized carbons (Fsp3) is 0.323. The molecule has 1 fully saturated rings. The Morgan fingerprint density at radius 2 is 1.59 bits per heavy atom. The van der Waals surface area contributed by atoms with Crippen LogP contribution in [0.25, 0.3) is 17.7 Å². The molecule has 158 valence electrons. The summed E-state index contributed by atoms with van der Waals surface area (Å²) in [5.41, 5.74) is 8.46. The quantitative estimate of drug-likeness (QED) is 0.559. The van der Waals surface area contributed by atoms with Crippen LogP contribution in [0.15, 0.2) is 54.6 Å². The van der Waals surface area contributed by atoms with Crippen LogP contribution in [0.2, 0.25) is 0 Å². The third-order valence-corrected chi connectivity index (χ3v) is 8.46. The van der Waals surface area contributed by atoms with Crippen molar-refractivity contribution in [3.63, 3.8) is 0 Å². The van der Waals surface area contributed by atoms with E-state index in [1.807, 2.05) is 0 Å². The number of benzene rings is 2. The summed E-state index contributed by atoms with van der Waals surface area (Å²) >= 11 is 0. The number of pyridine rings is 1. The highest BCUT2D eigenvalue weighted by atomic mass is 14.7. The molecule has 1 heterocycles. The maximum atomic E-state index is 5.18. The first-order valence-corrected chi connectivity index (χ1v) is 12.5. The van der Waals surface area contributed by atoms with Crippen LogP contribution in [-0.4, -0.2) is 4.98 Å². The molecule has 32 heavy (non-hydrogen) atoms. The van der Waals surface area contributed by atoms with Gasteiger partial charge in [0.2, 0.25) is 0 Å². The first-order chi connectivity index (χ1) is 15.8. The zero-order valence-electron chi connectivity index (χ0n) is 18.6. The van der Waals surface area contributed by atoms with E-state index in [4.69, 9.17) is 4.98 Å². The predicted molar refractivity (Wildman–Crippen MR) is 131 cm³/mol. The largest absolute Gasteiger partial charge is 0.252 e. The van der Waals surface area contributed by atoms with Crippen molar-refractivity contribution in [1.82, 2.24) is 4.98 Å². The second-order valence-corrected chi connectivity index (χ2v) is 10.1. The normalized spacial score (nSPS) is 21.0. The SMILES string of the molecule is C1=Cc2ccc(C3=c4ccc5c(c4CC(C4CCCC4)C3)CC=c3ccccc3=5)nc2C1. The first kappa shape index (κ1) is 18.6. The van der Waals surface area contributed by atoms with Crippen molar-refractivity contribution in [2.45, 2.75) is 51.4 Å². The molecule has 4 aliphatic carbocycles. The first-order valence-electron chi connectivity index (χ1n) is 12.5. The Hall–Kier alpha value is -2.93. The summed E-state index contributed by atoms with van der Waals surface area (Å²) in [4.78, 5) is 5.18. The molecule has 1 atom stereocenters. The summed E-state index contributed by atoms with van der Waals surface area (Å²) in [6, 6.07) is 18.3. The van der Waals surface area contributed by atoms with Crippen LogP contribution >= 0.6 is 0 Å². The van der Waals surface area contributed by atoms with Gasteiger partial charge in [-0.15, -0.1) is 0 Å². The van der Waals surface area contributed by atoms with Crippen LogP contribution in [-0.2, 0) is 19.3 Å². The molecule has 0 spiro atoms. The lowest BCUT2D eigenvalue weighted by molar-refractivity contribution is 0.336. The molecule has 3 aromatic rings. The number of rotatable bonds is 2. The highest BCUT2D eigenvalue weighted by Gasteiger charge is 2.31. The Balaban J connectivity index is 1.49. The average molecular weight is 416 g/mol. The Morgan fingerprint density at radius 3 is 2.53 bits per heavy atom. The molecule has 0 aliphatic heterocycles. The van der Waals surface area contributed by atoms with E-state index in [0.29, 0.717) is 0 Å². The molecule has 4 aliphatic rings. The molecule has 1 heteroatoms. The second-order valence-electron chi connectivity index (χ2n) is 10.1. The van der Waals surface area contributed by atoms with Gasteiger partial charge < -0.3 is 0 Å². The van der Waals surface area contributed by atoms with Gasteiger partial charge >= 0.3 is 0 Å². The molecule has 0 N–H and O–H groups in total. The van der Waals surface area contributed by atoms with Crippen molar-refractivity contribution in [3.8, 4) is 0 Å². The van der Waals surface area contributed by atoms with Gasteiger partial charge in [0.05, 0.1) is 11.4 Å². The smallest absolute Gasteiger partial charge is 0.0671 e. The number of hydrogen-bond donors (Lipinski definition) is 0. The van der Waals surface area contributed by atoms with E-state index in [-0.39, 0.29) is 0 Å². The zero-order chi connectivity index (χ0) is 21.1. The number of allylic oxidation sites excluding steroid dienone is 1. The van der Waals surface area contributed by atoms with E-state index >= 15 is 0 Å². The molecule has 2 aromatic carbocycles. The lowest BCUT2D eigenvalue weighted by atomic mass is 9.74. The number of nitrogens with zero attached hydrogens (tertiary/aromatic N) is 1. The fourth-order valence-corrected chi connectivity index (χ4v) is 6.83. The Kier molecular flexibility index (Phi) is 4.25. The molecule has 1 aromatic heterocycles. The molecular weight excluding hydrogens is 386 g/mol. The van der Waals surface area contributed by atoms with Crippen LogP contribution in [0, 0.1) is 22.3 Å².